The SMILES string of the molecule is O=C(Nc1cccc2ccccc12)[C@@H]1CN(C(=O)O)C[C@H]1c1ccccc1. The number of carboxylic acid groups (broad SMARTS) is 1. The molecule has 0 radical (unpaired) electrons. The van der Waals surface area contributed by atoms with Crippen LogP contribution in [0.2, 0.25) is 0 Å². The number of rotatable bonds is 3. The number of carbonyl (C=O) groups is 2. The van der Waals surface area contributed by atoms with Gasteiger partial charge in [0.2, 0.25) is 5.91 Å². The molecule has 0 bridgehead atoms. The van der Waals surface area contributed by atoms with Crippen molar-refractivity contribution in [1.29, 1.82) is 0 Å². The Balaban J connectivity index is 1.63. The van der Waals surface area contributed by atoms with E-state index < -0.39 is 12.0 Å². The first-order valence-corrected chi connectivity index (χ1v) is 8.95. The molecule has 2 N–H and O–H groups in total. The largest absolute Gasteiger partial charge is 0.465 e. The fourth-order valence-electron chi connectivity index (χ4n) is 3.82. The molecule has 0 aromatic heterocycles. The van der Waals surface area contributed by atoms with E-state index >= 15 is 0 Å². The number of hydrogen-bond donors (Lipinski definition) is 2. The number of hydrogen-bond acceptors (Lipinski definition) is 2. The molecule has 1 heterocycles. The summed E-state index contributed by atoms with van der Waals surface area (Å²) in [6.45, 7) is 0.526. The van der Waals surface area contributed by atoms with E-state index in [2.05, 4.69) is 5.32 Å². The van der Waals surface area contributed by atoms with Crippen LogP contribution in [-0.2, 0) is 4.79 Å². The Hall–Kier alpha value is -3.34. The second-order valence-corrected chi connectivity index (χ2v) is 6.83. The smallest absolute Gasteiger partial charge is 0.407 e. The van der Waals surface area contributed by atoms with Crippen LogP contribution < -0.4 is 5.32 Å². The van der Waals surface area contributed by atoms with E-state index in [4.69, 9.17) is 0 Å². The van der Waals surface area contributed by atoms with Gasteiger partial charge in [-0.05, 0) is 17.0 Å². The summed E-state index contributed by atoms with van der Waals surface area (Å²) in [7, 11) is 0. The highest BCUT2D eigenvalue weighted by Gasteiger charge is 2.40. The monoisotopic (exact) mass is 360 g/mol. The molecule has 0 spiro atoms. The Morgan fingerprint density at radius 1 is 0.889 bits per heavy atom. The maximum absolute atomic E-state index is 13.1. The van der Waals surface area contributed by atoms with E-state index in [0.29, 0.717) is 6.54 Å². The van der Waals surface area contributed by atoms with Crippen molar-refractivity contribution in [2.45, 2.75) is 5.92 Å². The van der Waals surface area contributed by atoms with Crippen molar-refractivity contribution in [3.05, 3.63) is 78.4 Å². The lowest BCUT2D eigenvalue weighted by Gasteiger charge is -2.18. The molecular weight excluding hydrogens is 340 g/mol. The molecule has 5 heteroatoms. The highest BCUT2D eigenvalue weighted by molar-refractivity contribution is 6.03. The third kappa shape index (κ3) is 3.36. The Kier molecular flexibility index (Phi) is 4.50. The number of amides is 2. The Morgan fingerprint density at radius 2 is 1.59 bits per heavy atom. The molecule has 2 atom stereocenters. The van der Waals surface area contributed by atoms with Crippen LogP contribution in [0.1, 0.15) is 11.5 Å². The summed E-state index contributed by atoms with van der Waals surface area (Å²) >= 11 is 0. The molecule has 3 aromatic rings. The van der Waals surface area contributed by atoms with Gasteiger partial charge in [-0.15, -0.1) is 0 Å². The zero-order chi connectivity index (χ0) is 18.8. The van der Waals surface area contributed by atoms with Crippen LogP contribution in [0, 0.1) is 5.92 Å². The molecule has 0 saturated carbocycles. The van der Waals surface area contributed by atoms with Crippen LogP contribution in [0.15, 0.2) is 72.8 Å². The molecule has 27 heavy (non-hydrogen) atoms. The molecule has 136 valence electrons. The van der Waals surface area contributed by atoms with Gasteiger partial charge in [-0.25, -0.2) is 4.79 Å². The lowest BCUT2D eigenvalue weighted by molar-refractivity contribution is -0.119. The topological polar surface area (TPSA) is 69.6 Å². The number of likely N-dealkylation sites (tertiary alicyclic amines) is 1. The van der Waals surface area contributed by atoms with Crippen LogP contribution >= 0.6 is 0 Å². The maximum Gasteiger partial charge on any atom is 0.407 e. The van der Waals surface area contributed by atoms with Crippen molar-refractivity contribution in [2.75, 3.05) is 18.4 Å². The molecule has 1 aliphatic heterocycles. The minimum absolute atomic E-state index is 0.149. The first kappa shape index (κ1) is 17.1. The summed E-state index contributed by atoms with van der Waals surface area (Å²) in [6.07, 6.45) is -0.989. The Bertz CT molecular complexity index is 982. The van der Waals surface area contributed by atoms with Crippen molar-refractivity contribution in [3.8, 4) is 0 Å². The van der Waals surface area contributed by atoms with Crippen LogP contribution in [-0.4, -0.2) is 35.1 Å². The predicted octanol–water partition coefficient (Wildman–Crippen LogP) is 4.17. The highest BCUT2D eigenvalue weighted by Crippen LogP contribution is 2.34. The van der Waals surface area contributed by atoms with Gasteiger partial charge in [0, 0.05) is 30.1 Å². The van der Waals surface area contributed by atoms with Crippen LogP contribution in [0.3, 0.4) is 0 Å². The quantitative estimate of drug-likeness (QED) is 0.736. The normalized spacial score (nSPS) is 19.2. The number of anilines is 1. The summed E-state index contributed by atoms with van der Waals surface area (Å²) in [6, 6.07) is 23.3. The fraction of sp³-hybridized carbons (Fsp3) is 0.182. The molecule has 2 amide bonds. The molecule has 5 nitrogen and oxygen atoms in total. The van der Waals surface area contributed by atoms with Gasteiger partial charge in [0.1, 0.15) is 0 Å². The maximum atomic E-state index is 13.1. The third-order valence-corrected chi connectivity index (χ3v) is 5.20. The van der Waals surface area contributed by atoms with Gasteiger partial charge in [-0.3, -0.25) is 4.79 Å². The van der Waals surface area contributed by atoms with Gasteiger partial charge in [-0.2, -0.15) is 0 Å². The minimum Gasteiger partial charge on any atom is -0.465 e. The van der Waals surface area contributed by atoms with E-state index in [-0.39, 0.29) is 18.4 Å². The highest BCUT2D eigenvalue weighted by atomic mass is 16.4. The summed E-state index contributed by atoms with van der Waals surface area (Å²) < 4.78 is 0. The molecule has 0 aliphatic carbocycles. The van der Waals surface area contributed by atoms with Crippen molar-refractivity contribution in [1.82, 2.24) is 4.90 Å². The second kappa shape index (κ2) is 7.11. The summed E-state index contributed by atoms with van der Waals surface area (Å²) in [5.41, 5.74) is 1.73. The van der Waals surface area contributed by atoms with Gasteiger partial charge in [0.15, 0.2) is 0 Å². The number of nitrogens with zero attached hydrogens (tertiary/aromatic N) is 1. The van der Waals surface area contributed by atoms with Crippen LogP contribution in [0.5, 0.6) is 0 Å². The van der Waals surface area contributed by atoms with E-state index in [1.807, 2.05) is 72.8 Å². The van der Waals surface area contributed by atoms with Gasteiger partial charge in [-0.1, -0.05) is 66.7 Å². The Morgan fingerprint density at radius 3 is 2.37 bits per heavy atom. The predicted molar refractivity (Wildman–Crippen MR) is 105 cm³/mol. The average Bonchev–Trinajstić information content (AvgIpc) is 3.15. The van der Waals surface area contributed by atoms with Gasteiger partial charge < -0.3 is 15.3 Å². The minimum atomic E-state index is -0.989. The molecule has 0 unspecified atom stereocenters. The van der Waals surface area contributed by atoms with E-state index in [1.165, 1.54) is 4.90 Å². The zero-order valence-electron chi connectivity index (χ0n) is 14.7. The van der Waals surface area contributed by atoms with Gasteiger partial charge in [0.05, 0.1) is 5.92 Å². The van der Waals surface area contributed by atoms with E-state index in [9.17, 15) is 14.7 Å². The summed E-state index contributed by atoms with van der Waals surface area (Å²) in [5, 5.41) is 14.4. The lowest BCUT2D eigenvalue weighted by atomic mass is 9.88. The number of benzene rings is 3. The average molecular weight is 360 g/mol. The fourth-order valence-corrected chi connectivity index (χ4v) is 3.82. The number of fused-ring (bicyclic) bond motifs is 1. The summed E-state index contributed by atoms with van der Waals surface area (Å²) in [4.78, 5) is 25.9. The van der Waals surface area contributed by atoms with Crippen molar-refractivity contribution < 1.29 is 14.7 Å². The zero-order valence-corrected chi connectivity index (χ0v) is 14.7. The van der Waals surface area contributed by atoms with Crippen LogP contribution in [0.25, 0.3) is 10.8 Å². The Labute approximate surface area is 157 Å². The standard InChI is InChI=1S/C22H20N2O3/c25-21(23-20-12-6-10-15-9-4-5-11-17(15)20)19-14-24(22(26)27)13-18(19)16-7-2-1-3-8-16/h1-12,18-19H,13-14H2,(H,23,25)(H,26,27)/t18-,19+/m0/s1. The van der Waals surface area contributed by atoms with Crippen LogP contribution in [0.4, 0.5) is 10.5 Å². The molecule has 3 aromatic carbocycles. The molecule has 4 rings (SSSR count). The van der Waals surface area contributed by atoms with Crippen molar-refractivity contribution in [3.63, 3.8) is 0 Å². The molecule has 1 fully saturated rings. The van der Waals surface area contributed by atoms with Gasteiger partial charge in [0.25, 0.3) is 0 Å². The number of nitrogens with one attached hydrogen (secondary N) is 1. The first-order valence-electron chi connectivity index (χ1n) is 8.95. The summed E-state index contributed by atoms with van der Waals surface area (Å²) in [5.74, 6) is -0.733. The van der Waals surface area contributed by atoms with E-state index in [1.54, 1.807) is 0 Å². The molecule has 1 aliphatic rings. The van der Waals surface area contributed by atoms with Crippen molar-refractivity contribution in [2.24, 2.45) is 5.92 Å². The first-order chi connectivity index (χ1) is 13.1. The number of carbonyl (C=O) groups excluding carboxylic acids is 1. The third-order valence-electron chi connectivity index (χ3n) is 5.20. The lowest BCUT2D eigenvalue weighted by Crippen LogP contribution is -2.30. The second-order valence-electron chi connectivity index (χ2n) is 6.83. The van der Waals surface area contributed by atoms with Gasteiger partial charge >= 0.3 is 6.09 Å². The molecule has 1 saturated heterocycles. The molecular formula is C22H20N2O3. The van der Waals surface area contributed by atoms with Crippen molar-refractivity contribution >= 4 is 28.5 Å². The van der Waals surface area contributed by atoms with E-state index in [0.717, 1.165) is 22.0 Å².